The van der Waals surface area contributed by atoms with Crippen molar-refractivity contribution in [1.82, 2.24) is 15.2 Å². The van der Waals surface area contributed by atoms with Gasteiger partial charge in [-0.25, -0.2) is 4.99 Å². The summed E-state index contributed by atoms with van der Waals surface area (Å²) in [6.45, 7) is 0.275. The zero-order chi connectivity index (χ0) is 45.8. The SMILES string of the molecule is O=C(CCc1cccc2c1c1ccccc1n2-c1ccc2c(c1)oc1c(-c3ccc4sc5c(C6=NC(c7ccccc7)NC(c7ccccc7)N6)cccc5c4c3)cccc12)OCc1ccccc1. The molecule has 69 heavy (non-hydrogen) atoms. The average Bonchev–Trinajstić information content (AvgIpc) is 4.10. The summed E-state index contributed by atoms with van der Waals surface area (Å²) in [6.07, 6.45) is 0.548. The van der Waals surface area contributed by atoms with E-state index in [9.17, 15) is 4.79 Å². The first-order valence-corrected chi connectivity index (χ1v) is 24.3. The van der Waals surface area contributed by atoms with Gasteiger partial charge in [0.1, 0.15) is 35.9 Å². The van der Waals surface area contributed by atoms with Gasteiger partial charge in [0.25, 0.3) is 0 Å². The number of ether oxygens (including phenoxy) is 1. The summed E-state index contributed by atoms with van der Waals surface area (Å²) >= 11 is 1.81. The van der Waals surface area contributed by atoms with Gasteiger partial charge in [0.15, 0.2) is 0 Å². The number of nitrogens with zero attached hydrogens (tertiary/aromatic N) is 2. The molecule has 0 saturated carbocycles. The minimum Gasteiger partial charge on any atom is -0.461 e. The fourth-order valence-electron chi connectivity index (χ4n) is 10.3. The van der Waals surface area contributed by atoms with E-state index < -0.39 is 0 Å². The second-order valence-corrected chi connectivity index (χ2v) is 18.8. The first kappa shape index (κ1) is 40.9. The zero-order valence-corrected chi connectivity index (χ0v) is 38.2. The number of rotatable bonds is 10. The minimum atomic E-state index is -0.210. The first-order chi connectivity index (χ1) is 34.1. The Labute approximate surface area is 401 Å². The molecule has 2 unspecified atom stereocenters. The molecule has 13 rings (SSSR count). The quantitative estimate of drug-likeness (QED) is 0.134. The number of benzene rings is 9. The Morgan fingerprint density at radius 2 is 1.33 bits per heavy atom. The van der Waals surface area contributed by atoms with Crippen molar-refractivity contribution in [2.45, 2.75) is 31.8 Å². The fraction of sp³-hybridized carbons (Fsp3) is 0.0820. The van der Waals surface area contributed by atoms with Gasteiger partial charge in [0, 0.05) is 71.0 Å². The number of carbonyl (C=O) groups is 1. The van der Waals surface area contributed by atoms with Crippen LogP contribution < -0.4 is 10.6 Å². The Bertz CT molecular complexity index is 3950. The van der Waals surface area contributed by atoms with Gasteiger partial charge < -0.3 is 19.0 Å². The van der Waals surface area contributed by atoms with Crippen LogP contribution in [0.25, 0.3) is 80.7 Å². The molecule has 0 aliphatic carbocycles. The Hall–Kier alpha value is -8.30. The Kier molecular flexibility index (Phi) is 10.1. The van der Waals surface area contributed by atoms with E-state index in [2.05, 4.69) is 185 Å². The Balaban J connectivity index is 0.851. The van der Waals surface area contributed by atoms with Crippen LogP contribution in [-0.4, -0.2) is 16.4 Å². The molecule has 0 amide bonds. The van der Waals surface area contributed by atoms with Gasteiger partial charge in [-0.3, -0.25) is 10.1 Å². The Morgan fingerprint density at radius 3 is 2.17 bits per heavy atom. The number of nitrogens with one attached hydrogen (secondary N) is 2. The summed E-state index contributed by atoms with van der Waals surface area (Å²) < 4.78 is 17.3. The molecule has 0 bridgehead atoms. The van der Waals surface area contributed by atoms with Crippen molar-refractivity contribution in [2.24, 2.45) is 4.99 Å². The molecule has 3 aromatic heterocycles. The summed E-state index contributed by atoms with van der Waals surface area (Å²) in [4.78, 5) is 18.2. The molecule has 0 radical (unpaired) electrons. The number of para-hydroxylation sites is 2. The maximum absolute atomic E-state index is 12.9. The van der Waals surface area contributed by atoms with E-state index in [0.29, 0.717) is 12.8 Å². The lowest BCUT2D eigenvalue weighted by atomic mass is 9.99. The van der Waals surface area contributed by atoms with Crippen molar-refractivity contribution >= 4 is 87.1 Å². The normalized spacial score (nSPS) is 15.0. The van der Waals surface area contributed by atoms with E-state index in [1.807, 2.05) is 47.7 Å². The molecule has 8 heteroatoms. The number of carbonyl (C=O) groups excluding carboxylic acids is 1. The van der Waals surface area contributed by atoms with Crippen molar-refractivity contribution < 1.29 is 13.9 Å². The molecular weight excluding hydrogens is 869 g/mol. The van der Waals surface area contributed by atoms with Crippen LogP contribution in [0.4, 0.5) is 0 Å². The van der Waals surface area contributed by atoms with Crippen LogP contribution in [0.5, 0.6) is 0 Å². The minimum absolute atomic E-state index is 0.116. The van der Waals surface area contributed by atoms with E-state index in [0.717, 1.165) is 94.2 Å². The predicted molar refractivity (Wildman–Crippen MR) is 282 cm³/mol. The fourth-order valence-corrected chi connectivity index (χ4v) is 11.4. The average molecular weight is 913 g/mol. The molecule has 0 saturated heterocycles. The summed E-state index contributed by atoms with van der Waals surface area (Å²) in [7, 11) is 0. The van der Waals surface area contributed by atoms with Crippen molar-refractivity contribution in [3.8, 4) is 16.8 Å². The highest BCUT2D eigenvalue weighted by molar-refractivity contribution is 7.26. The van der Waals surface area contributed by atoms with Crippen LogP contribution in [0.1, 0.15) is 46.6 Å². The third-order valence-electron chi connectivity index (χ3n) is 13.5. The number of esters is 1. The predicted octanol–water partition coefficient (Wildman–Crippen LogP) is 14.7. The number of amidine groups is 1. The van der Waals surface area contributed by atoms with Crippen LogP contribution in [-0.2, 0) is 22.6 Å². The monoisotopic (exact) mass is 912 g/mol. The maximum atomic E-state index is 12.9. The van der Waals surface area contributed by atoms with E-state index >= 15 is 0 Å². The van der Waals surface area contributed by atoms with Gasteiger partial charge in [-0.2, -0.15) is 0 Å². The standard InChI is InChI=1S/C61H44N4O3S/c66-55(67-37-38-15-4-1-5-16-38)34-30-39-21-12-28-52-56(39)48-22-10-11-27-51(48)65(52)43-31-32-45-46-24-13-23-44(57(46)68-53(45)36-43)42-29-33-54-50(35-42)47-25-14-26-49(58(47)69-54)61-63-59(40-17-6-2-7-18-40)62-60(64-61)41-19-8-3-9-20-41/h1-29,31-33,35-36,59-60,62H,30,34,37H2,(H,63,64). The van der Waals surface area contributed by atoms with E-state index in [1.54, 1.807) is 0 Å². The van der Waals surface area contributed by atoms with Gasteiger partial charge in [-0.15, -0.1) is 11.3 Å². The van der Waals surface area contributed by atoms with Crippen LogP contribution in [0.15, 0.2) is 216 Å². The molecule has 12 aromatic rings. The zero-order valence-electron chi connectivity index (χ0n) is 37.4. The molecule has 4 heterocycles. The van der Waals surface area contributed by atoms with Gasteiger partial charge in [-0.1, -0.05) is 158 Å². The summed E-state index contributed by atoms with van der Waals surface area (Å²) in [6, 6.07) is 72.0. The number of hydrogen-bond acceptors (Lipinski definition) is 7. The van der Waals surface area contributed by atoms with E-state index in [4.69, 9.17) is 14.1 Å². The molecule has 0 spiro atoms. The maximum Gasteiger partial charge on any atom is 0.306 e. The molecule has 332 valence electrons. The molecule has 0 fully saturated rings. The van der Waals surface area contributed by atoms with Gasteiger partial charge in [0.05, 0.1) is 11.0 Å². The molecule has 7 nitrogen and oxygen atoms in total. The molecule has 1 aliphatic rings. The van der Waals surface area contributed by atoms with Crippen LogP contribution in [0, 0.1) is 0 Å². The van der Waals surface area contributed by atoms with Crippen molar-refractivity contribution in [3.63, 3.8) is 0 Å². The number of thiophene rings is 1. The highest BCUT2D eigenvalue weighted by Gasteiger charge is 2.27. The number of furan rings is 1. The van der Waals surface area contributed by atoms with Gasteiger partial charge in [-0.05, 0) is 76.7 Å². The van der Waals surface area contributed by atoms with E-state index in [-0.39, 0.29) is 24.9 Å². The van der Waals surface area contributed by atoms with E-state index in [1.165, 1.54) is 20.2 Å². The molecule has 9 aromatic carbocycles. The first-order valence-electron chi connectivity index (χ1n) is 23.4. The highest BCUT2D eigenvalue weighted by atomic mass is 32.1. The summed E-state index contributed by atoms with van der Waals surface area (Å²) in [5.41, 5.74) is 12.5. The molecule has 2 atom stereocenters. The number of aliphatic imine (C=N–C) groups is 1. The van der Waals surface area contributed by atoms with Gasteiger partial charge in [0.2, 0.25) is 0 Å². The summed E-state index contributed by atoms with van der Waals surface area (Å²) in [5, 5.41) is 14.3. The Morgan fingerprint density at radius 1 is 0.623 bits per heavy atom. The van der Waals surface area contributed by atoms with Crippen LogP contribution in [0.3, 0.4) is 0 Å². The topological polar surface area (TPSA) is 80.8 Å². The lowest BCUT2D eigenvalue weighted by Gasteiger charge is -2.32. The highest BCUT2D eigenvalue weighted by Crippen LogP contribution is 2.43. The number of hydrogen-bond donors (Lipinski definition) is 2. The van der Waals surface area contributed by atoms with Crippen LogP contribution >= 0.6 is 11.3 Å². The number of aryl methyl sites for hydroxylation is 1. The largest absolute Gasteiger partial charge is 0.461 e. The number of fused-ring (bicyclic) bond motifs is 9. The lowest BCUT2D eigenvalue weighted by Crippen LogP contribution is -2.44. The van der Waals surface area contributed by atoms with Gasteiger partial charge >= 0.3 is 5.97 Å². The second kappa shape index (κ2) is 17.1. The molecular formula is C61H44N4O3S. The molecule has 1 aliphatic heterocycles. The smallest absolute Gasteiger partial charge is 0.306 e. The number of aromatic nitrogens is 1. The summed E-state index contributed by atoms with van der Waals surface area (Å²) in [5.74, 6) is 0.667. The third kappa shape index (κ3) is 7.33. The lowest BCUT2D eigenvalue weighted by molar-refractivity contribution is -0.144. The second-order valence-electron chi connectivity index (χ2n) is 17.7. The van der Waals surface area contributed by atoms with Crippen molar-refractivity contribution in [2.75, 3.05) is 0 Å². The van der Waals surface area contributed by atoms with Crippen molar-refractivity contribution in [1.29, 1.82) is 0 Å². The van der Waals surface area contributed by atoms with Crippen molar-refractivity contribution in [3.05, 3.63) is 234 Å². The molecule has 2 N–H and O–H groups in total. The third-order valence-corrected chi connectivity index (χ3v) is 14.8. The van der Waals surface area contributed by atoms with Crippen LogP contribution in [0.2, 0.25) is 0 Å².